The van der Waals surface area contributed by atoms with Gasteiger partial charge in [0.25, 0.3) is 5.56 Å². The molecular weight excluding hydrogens is 417 g/mol. The second kappa shape index (κ2) is 8.67. The molecule has 0 bridgehead atoms. The van der Waals surface area contributed by atoms with Gasteiger partial charge in [-0.15, -0.1) is 0 Å². The van der Waals surface area contributed by atoms with Gasteiger partial charge < -0.3 is 10.3 Å². The summed E-state index contributed by atoms with van der Waals surface area (Å²) in [7, 11) is 0. The Morgan fingerprint density at radius 2 is 2.14 bits per heavy atom. The summed E-state index contributed by atoms with van der Waals surface area (Å²) in [5.41, 5.74) is -1.55. The van der Waals surface area contributed by atoms with E-state index in [1.807, 2.05) is 0 Å². The average molecular weight is 431 g/mol. The predicted octanol–water partition coefficient (Wildman–Crippen LogP) is 4.00. The molecule has 0 radical (unpaired) electrons. The molecule has 2 aromatic rings. The van der Waals surface area contributed by atoms with Crippen LogP contribution in [0.25, 0.3) is 0 Å². The van der Waals surface area contributed by atoms with Crippen molar-refractivity contribution in [1.82, 2.24) is 9.97 Å². The molecule has 0 saturated heterocycles. The molecule has 0 saturated carbocycles. The van der Waals surface area contributed by atoms with Gasteiger partial charge >= 0.3 is 6.18 Å². The van der Waals surface area contributed by atoms with Crippen molar-refractivity contribution in [2.24, 2.45) is 0 Å². The molecule has 0 aliphatic rings. The number of amides is 1. The van der Waals surface area contributed by atoms with E-state index in [1.165, 1.54) is 6.92 Å². The number of nitriles is 1. The van der Waals surface area contributed by atoms with E-state index < -0.39 is 28.5 Å². The Bertz CT molecular complexity index is 1000. The molecule has 2 N–H and O–H groups in total. The third-order valence-electron chi connectivity index (χ3n) is 3.63. The number of nitrogens with zero attached hydrogens (tertiary/aromatic N) is 2. The van der Waals surface area contributed by atoms with Gasteiger partial charge in [0.05, 0.1) is 27.2 Å². The van der Waals surface area contributed by atoms with Crippen molar-refractivity contribution in [2.45, 2.75) is 36.9 Å². The van der Waals surface area contributed by atoms with E-state index >= 15 is 0 Å². The SMILES string of the molecule is CCc1nc(SC(C)C(=O)Nc2cc(C(F)(F)F)ccc2Cl)[nH]c(=O)c1C#N. The zero-order valence-corrected chi connectivity index (χ0v) is 16.2. The van der Waals surface area contributed by atoms with E-state index in [4.69, 9.17) is 16.9 Å². The first-order chi connectivity index (χ1) is 13.1. The quantitative estimate of drug-likeness (QED) is 0.552. The van der Waals surface area contributed by atoms with Crippen molar-refractivity contribution in [1.29, 1.82) is 5.26 Å². The van der Waals surface area contributed by atoms with Crippen LogP contribution in [0.5, 0.6) is 0 Å². The van der Waals surface area contributed by atoms with E-state index in [0.717, 1.165) is 30.0 Å². The summed E-state index contributed by atoms with van der Waals surface area (Å²) in [5, 5.41) is 10.6. The molecule has 1 aromatic carbocycles. The van der Waals surface area contributed by atoms with E-state index in [2.05, 4.69) is 15.3 Å². The van der Waals surface area contributed by atoms with Gasteiger partial charge in [-0.1, -0.05) is 30.3 Å². The van der Waals surface area contributed by atoms with E-state index in [0.29, 0.717) is 12.1 Å². The number of alkyl halides is 3. The van der Waals surface area contributed by atoms with E-state index in [-0.39, 0.29) is 21.4 Å². The third kappa shape index (κ3) is 5.05. The number of aryl methyl sites for hydroxylation is 1. The highest BCUT2D eigenvalue weighted by Crippen LogP contribution is 2.34. The van der Waals surface area contributed by atoms with Crippen LogP contribution in [0.4, 0.5) is 18.9 Å². The van der Waals surface area contributed by atoms with Crippen LogP contribution in [0, 0.1) is 11.3 Å². The topological polar surface area (TPSA) is 98.6 Å². The Morgan fingerprint density at radius 3 is 2.71 bits per heavy atom. The summed E-state index contributed by atoms with van der Waals surface area (Å²) < 4.78 is 38.5. The van der Waals surface area contributed by atoms with Gasteiger partial charge in [-0.25, -0.2) is 4.98 Å². The van der Waals surface area contributed by atoms with Crippen LogP contribution in [-0.2, 0) is 17.4 Å². The number of benzene rings is 1. The van der Waals surface area contributed by atoms with Gasteiger partial charge in [0.15, 0.2) is 5.16 Å². The van der Waals surface area contributed by atoms with Crippen molar-refractivity contribution in [2.75, 3.05) is 5.32 Å². The zero-order chi connectivity index (χ0) is 21.1. The number of hydrogen-bond acceptors (Lipinski definition) is 5. The van der Waals surface area contributed by atoms with Crippen molar-refractivity contribution >= 4 is 35.0 Å². The Balaban J connectivity index is 2.20. The molecule has 1 atom stereocenters. The van der Waals surface area contributed by atoms with Crippen LogP contribution in [0.3, 0.4) is 0 Å². The summed E-state index contributed by atoms with van der Waals surface area (Å²) in [6.07, 6.45) is -4.23. The number of anilines is 1. The smallest absolute Gasteiger partial charge is 0.324 e. The minimum absolute atomic E-state index is 0.0447. The Hall–Kier alpha value is -2.51. The lowest BCUT2D eigenvalue weighted by Crippen LogP contribution is -2.24. The van der Waals surface area contributed by atoms with E-state index in [9.17, 15) is 22.8 Å². The van der Waals surface area contributed by atoms with Crippen LogP contribution < -0.4 is 10.9 Å². The van der Waals surface area contributed by atoms with Crippen LogP contribution >= 0.6 is 23.4 Å². The molecule has 1 heterocycles. The summed E-state index contributed by atoms with van der Waals surface area (Å²) in [4.78, 5) is 30.8. The minimum Gasteiger partial charge on any atom is -0.324 e. The van der Waals surface area contributed by atoms with Gasteiger partial charge in [0.2, 0.25) is 5.91 Å². The number of hydrogen-bond donors (Lipinski definition) is 2. The molecule has 28 heavy (non-hydrogen) atoms. The molecule has 0 aliphatic carbocycles. The monoisotopic (exact) mass is 430 g/mol. The number of carbonyl (C=O) groups is 1. The summed E-state index contributed by atoms with van der Waals surface area (Å²) in [6.45, 7) is 3.22. The highest BCUT2D eigenvalue weighted by molar-refractivity contribution is 8.00. The van der Waals surface area contributed by atoms with Gasteiger partial charge in [0.1, 0.15) is 11.6 Å². The predicted molar refractivity (Wildman–Crippen MR) is 99.4 cm³/mol. The second-order valence-electron chi connectivity index (χ2n) is 5.60. The maximum atomic E-state index is 12.8. The fraction of sp³-hybridized carbons (Fsp3) is 0.294. The molecule has 0 fully saturated rings. The van der Waals surface area contributed by atoms with Crippen LogP contribution in [0.1, 0.15) is 30.7 Å². The lowest BCUT2D eigenvalue weighted by atomic mass is 10.2. The molecule has 1 amide bonds. The molecule has 0 spiro atoms. The molecule has 1 unspecified atom stereocenters. The lowest BCUT2D eigenvalue weighted by molar-refractivity contribution is -0.137. The Labute approximate surface area is 167 Å². The molecule has 2 rings (SSSR count). The molecule has 11 heteroatoms. The third-order valence-corrected chi connectivity index (χ3v) is 4.94. The molecular formula is C17H14ClF3N4O2S. The average Bonchev–Trinajstić information content (AvgIpc) is 2.61. The van der Waals surface area contributed by atoms with E-state index in [1.54, 1.807) is 13.0 Å². The highest BCUT2D eigenvalue weighted by atomic mass is 35.5. The lowest BCUT2D eigenvalue weighted by Gasteiger charge is -2.14. The van der Waals surface area contributed by atoms with Crippen LogP contribution in [0.2, 0.25) is 5.02 Å². The summed E-state index contributed by atoms with van der Waals surface area (Å²) in [5.74, 6) is -0.628. The largest absolute Gasteiger partial charge is 0.416 e. The first-order valence-corrected chi connectivity index (χ1v) is 9.20. The number of carbonyl (C=O) groups excluding carboxylic acids is 1. The molecule has 148 valence electrons. The summed E-state index contributed by atoms with van der Waals surface area (Å²) in [6, 6.07) is 4.38. The van der Waals surface area contributed by atoms with Crippen molar-refractivity contribution in [3.8, 4) is 6.07 Å². The fourth-order valence-electron chi connectivity index (χ4n) is 2.18. The number of H-pyrrole nitrogens is 1. The Morgan fingerprint density at radius 1 is 1.46 bits per heavy atom. The first-order valence-electron chi connectivity index (χ1n) is 7.94. The molecule has 0 aliphatic heterocycles. The van der Waals surface area contributed by atoms with Crippen LogP contribution in [0.15, 0.2) is 28.2 Å². The fourth-order valence-corrected chi connectivity index (χ4v) is 3.16. The van der Waals surface area contributed by atoms with Crippen molar-refractivity contribution in [3.05, 3.63) is 50.4 Å². The van der Waals surface area contributed by atoms with Gasteiger partial charge in [0, 0.05) is 0 Å². The normalized spacial score (nSPS) is 12.3. The minimum atomic E-state index is -4.58. The van der Waals surface area contributed by atoms with Crippen molar-refractivity contribution < 1.29 is 18.0 Å². The van der Waals surface area contributed by atoms with Crippen LogP contribution in [-0.4, -0.2) is 21.1 Å². The number of halogens is 4. The summed E-state index contributed by atoms with van der Waals surface area (Å²) >= 11 is 6.77. The molecule has 6 nitrogen and oxygen atoms in total. The standard InChI is InChI=1S/C17H14ClF3N4O2S/c1-3-12-10(7-22)15(27)25-16(24-12)28-8(2)14(26)23-13-6-9(17(19,20)21)4-5-11(13)18/h4-6,8H,3H2,1-2H3,(H,23,26)(H,24,25,27). The Kier molecular flexibility index (Phi) is 6.74. The second-order valence-corrected chi connectivity index (χ2v) is 7.34. The number of aromatic nitrogens is 2. The highest BCUT2D eigenvalue weighted by Gasteiger charge is 2.31. The maximum Gasteiger partial charge on any atom is 0.416 e. The first kappa shape index (κ1) is 21.8. The molecule has 1 aromatic heterocycles. The zero-order valence-electron chi connectivity index (χ0n) is 14.6. The van der Waals surface area contributed by atoms with Gasteiger partial charge in [-0.2, -0.15) is 18.4 Å². The maximum absolute atomic E-state index is 12.8. The van der Waals surface area contributed by atoms with Gasteiger partial charge in [-0.3, -0.25) is 9.59 Å². The number of rotatable bonds is 5. The number of nitrogens with one attached hydrogen (secondary N) is 2. The van der Waals surface area contributed by atoms with Crippen molar-refractivity contribution in [3.63, 3.8) is 0 Å². The van der Waals surface area contributed by atoms with Gasteiger partial charge in [-0.05, 0) is 31.5 Å². The number of aromatic amines is 1. The number of thioether (sulfide) groups is 1.